The van der Waals surface area contributed by atoms with Crippen LogP contribution >= 0.6 is 0 Å². The zero-order valence-corrected chi connectivity index (χ0v) is 15.8. The average molecular weight is 384 g/mol. The van der Waals surface area contributed by atoms with E-state index in [2.05, 4.69) is 13.2 Å². The summed E-state index contributed by atoms with van der Waals surface area (Å²) < 4.78 is 11.2. The van der Waals surface area contributed by atoms with Gasteiger partial charge in [-0.15, -0.1) is 0 Å². The van der Waals surface area contributed by atoms with Crippen molar-refractivity contribution in [3.63, 3.8) is 0 Å². The van der Waals surface area contributed by atoms with E-state index in [1.54, 1.807) is 36.4 Å². The van der Waals surface area contributed by atoms with Gasteiger partial charge in [0.15, 0.2) is 0 Å². The number of allylic oxidation sites excluding steroid dienone is 6. The molecule has 0 heterocycles. The van der Waals surface area contributed by atoms with Crippen molar-refractivity contribution in [1.29, 1.82) is 0 Å². The maximum Gasteiger partial charge on any atom is 0.343 e. The highest BCUT2D eigenvalue weighted by Gasteiger charge is 2.17. The van der Waals surface area contributed by atoms with Crippen molar-refractivity contribution in [3.05, 3.63) is 109 Å². The average Bonchev–Trinajstić information content (AvgIpc) is 3.02. The molecule has 0 N–H and O–H groups in total. The largest absolute Gasteiger partial charge is 0.422 e. The Bertz CT molecular complexity index is 1090. The highest BCUT2D eigenvalue weighted by atomic mass is 16.5. The van der Waals surface area contributed by atoms with E-state index >= 15 is 0 Å². The first kappa shape index (κ1) is 19.8. The molecule has 1 aliphatic carbocycles. The normalized spacial score (nSPS) is 13.4. The SMILES string of the molecule is C=C/C=C(\C=C)C(=O)Oc1cccc2cccc(OC(=O)C3=CC=CCC=C3)c12. The molecule has 29 heavy (non-hydrogen) atoms. The molecule has 0 bridgehead atoms. The van der Waals surface area contributed by atoms with Crippen LogP contribution in [0.5, 0.6) is 11.5 Å². The fourth-order valence-corrected chi connectivity index (χ4v) is 2.82. The molecule has 0 amide bonds. The van der Waals surface area contributed by atoms with Crippen LogP contribution in [0.15, 0.2) is 109 Å². The standard InChI is InChI=1S/C25H20O4/c1-3-11-18(4-2)24(26)28-21-16-9-14-19-15-10-17-22(23(19)21)29-25(27)20-12-7-5-6-8-13-20/h3-5,7-17H,1-2,6H2/b18-11+. The Kier molecular flexibility index (Phi) is 6.38. The molecule has 0 radical (unpaired) electrons. The summed E-state index contributed by atoms with van der Waals surface area (Å²) in [4.78, 5) is 25.1. The fourth-order valence-electron chi connectivity index (χ4n) is 2.82. The van der Waals surface area contributed by atoms with Crippen LogP contribution in [-0.2, 0) is 9.59 Å². The molecule has 0 aromatic heterocycles. The molecule has 0 saturated heterocycles. The van der Waals surface area contributed by atoms with Gasteiger partial charge in [0.1, 0.15) is 11.5 Å². The van der Waals surface area contributed by atoms with Crippen molar-refractivity contribution < 1.29 is 19.1 Å². The first-order chi connectivity index (χ1) is 14.1. The van der Waals surface area contributed by atoms with Crippen molar-refractivity contribution in [2.45, 2.75) is 6.42 Å². The minimum Gasteiger partial charge on any atom is -0.422 e. The van der Waals surface area contributed by atoms with Gasteiger partial charge in [-0.3, -0.25) is 0 Å². The lowest BCUT2D eigenvalue weighted by Crippen LogP contribution is -2.12. The van der Waals surface area contributed by atoms with E-state index in [1.165, 1.54) is 18.2 Å². The lowest BCUT2D eigenvalue weighted by molar-refractivity contribution is -0.130. The van der Waals surface area contributed by atoms with Gasteiger partial charge in [0.2, 0.25) is 0 Å². The number of hydrogen-bond acceptors (Lipinski definition) is 4. The van der Waals surface area contributed by atoms with E-state index in [0.717, 1.165) is 11.8 Å². The van der Waals surface area contributed by atoms with Crippen molar-refractivity contribution in [3.8, 4) is 11.5 Å². The second-order valence-electron chi connectivity index (χ2n) is 6.14. The van der Waals surface area contributed by atoms with E-state index in [9.17, 15) is 9.59 Å². The van der Waals surface area contributed by atoms with E-state index < -0.39 is 11.9 Å². The van der Waals surface area contributed by atoms with Gasteiger partial charge in [0.05, 0.1) is 16.5 Å². The first-order valence-corrected chi connectivity index (χ1v) is 9.08. The third-order valence-electron chi connectivity index (χ3n) is 4.20. The van der Waals surface area contributed by atoms with Crippen LogP contribution in [-0.4, -0.2) is 11.9 Å². The molecule has 0 aliphatic heterocycles. The molecule has 0 unspecified atom stereocenters. The van der Waals surface area contributed by atoms with E-state index in [4.69, 9.17) is 9.47 Å². The monoisotopic (exact) mass is 384 g/mol. The number of ether oxygens (including phenoxy) is 2. The van der Waals surface area contributed by atoms with Crippen molar-refractivity contribution in [2.75, 3.05) is 0 Å². The van der Waals surface area contributed by atoms with Gasteiger partial charge >= 0.3 is 11.9 Å². The Morgan fingerprint density at radius 1 is 0.966 bits per heavy atom. The van der Waals surface area contributed by atoms with Gasteiger partial charge in [0.25, 0.3) is 0 Å². The number of esters is 2. The van der Waals surface area contributed by atoms with Gasteiger partial charge in [-0.05, 0) is 36.1 Å². The summed E-state index contributed by atoms with van der Waals surface area (Å²) in [6, 6.07) is 10.6. The van der Waals surface area contributed by atoms with Crippen LogP contribution in [0, 0.1) is 0 Å². The summed E-state index contributed by atoms with van der Waals surface area (Å²) in [6.07, 6.45) is 14.2. The van der Waals surface area contributed by atoms with Gasteiger partial charge in [0, 0.05) is 0 Å². The zero-order valence-electron chi connectivity index (χ0n) is 15.8. The van der Waals surface area contributed by atoms with Crippen LogP contribution in [0.3, 0.4) is 0 Å². The summed E-state index contributed by atoms with van der Waals surface area (Å²) in [5.74, 6) is -0.461. The molecule has 0 spiro atoms. The minimum atomic E-state index is -0.576. The zero-order chi connectivity index (χ0) is 20.6. The van der Waals surface area contributed by atoms with Crippen LogP contribution in [0.4, 0.5) is 0 Å². The molecule has 2 aromatic rings. The molecule has 4 heteroatoms. The smallest absolute Gasteiger partial charge is 0.343 e. The summed E-state index contributed by atoms with van der Waals surface area (Å²) in [5, 5.41) is 1.31. The van der Waals surface area contributed by atoms with E-state index in [1.807, 2.05) is 30.4 Å². The predicted molar refractivity (Wildman–Crippen MR) is 115 cm³/mol. The van der Waals surface area contributed by atoms with Gasteiger partial charge in [-0.2, -0.15) is 0 Å². The van der Waals surface area contributed by atoms with Crippen LogP contribution in [0.25, 0.3) is 10.8 Å². The molecule has 0 fully saturated rings. The Morgan fingerprint density at radius 2 is 1.69 bits per heavy atom. The summed E-state index contributed by atoms with van der Waals surface area (Å²) in [5.41, 5.74) is 0.708. The van der Waals surface area contributed by atoms with Gasteiger partial charge in [-0.25, -0.2) is 9.59 Å². The van der Waals surface area contributed by atoms with Crippen molar-refractivity contribution in [2.24, 2.45) is 0 Å². The third-order valence-corrected chi connectivity index (χ3v) is 4.20. The molecule has 2 aromatic carbocycles. The van der Waals surface area contributed by atoms with E-state index in [-0.39, 0.29) is 11.3 Å². The third kappa shape index (κ3) is 4.68. The number of fused-ring (bicyclic) bond motifs is 1. The molecule has 0 saturated carbocycles. The van der Waals surface area contributed by atoms with Crippen LogP contribution in [0.2, 0.25) is 0 Å². The Morgan fingerprint density at radius 3 is 2.38 bits per heavy atom. The summed E-state index contributed by atoms with van der Waals surface area (Å²) in [7, 11) is 0. The summed E-state index contributed by atoms with van der Waals surface area (Å²) >= 11 is 0. The van der Waals surface area contributed by atoms with Crippen molar-refractivity contribution >= 4 is 22.7 Å². The number of carbonyl (C=O) groups is 2. The maximum atomic E-state index is 12.6. The molecule has 0 atom stereocenters. The molecule has 1 aliphatic rings. The number of hydrogen-bond donors (Lipinski definition) is 0. The van der Waals surface area contributed by atoms with Crippen molar-refractivity contribution in [1.82, 2.24) is 0 Å². The second kappa shape index (κ2) is 9.33. The van der Waals surface area contributed by atoms with Crippen LogP contribution < -0.4 is 9.47 Å². The summed E-state index contributed by atoms with van der Waals surface area (Å²) in [6.45, 7) is 7.20. The highest BCUT2D eigenvalue weighted by Crippen LogP contribution is 2.35. The topological polar surface area (TPSA) is 52.6 Å². The van der Waals surface area contributed by atoms with Crippen LogP contribution in [0.1, 0.15) is 6.42 Å². The lowest BCUT2D eigenvalue weighted by Gasteiger charge is -2.12. The Labute approximate surface area is 169 Å². The maximum absolute atomic E-state index is 12.6. The fraction of sp³-hybridized carbons (Fsp3) is 0.0400. The molecule has 144 valence electrons. The Balaban J connectivity index is 1.98. The minimum absolute atomic E-state index is 0.270. The van der Waals surface area contributed by atoms with Gasteiger partial charge in [-0.1, -0.05) is 73.9 Å². The van der Waals surface area contributed by atoms with E-state index in [0.29, 0.717) is 16.7 Å². The molecular weight excluding hydrogens is 364 g/mol. The Hall–Kier alpha value is -3.92. The second-order valence-corrected chi connectivity index (χ2v) is 6.14. The number of rotatable bonds is 6. The lowest BCUT2D eigenvalue weighted by atomic mass is 10.1. The first-order valence-electron chi connectivity index (χ1n) is 9.08. The highest BCUT2D eigenvalue weighted by molar-refractivity contribution is 6.01. The predicted octanol–water partition coefficient (Wildman–Crippen LogP) is 5.39. The number of carbonyl (C=O) groups excluding carboxylic acids is 2. The quantitative estimate of drug-likeness (QED) is 0.290. The van der Waals surface area contributed by atoms with Gasteiger partial charge < -0.3 is 9.47 Å². The molecule has 4 nitrogen and oxygen atoms in total. The molecule has 3 rings (SSSR count). The number of benzene rings is 2. The molecular formula is C25H20O4.